The van der Waals surface area contributed by atoms with E-state index in [2.05, 4.69) is 36.8 Å². The van der Waals surface area contributed by atoms with Gasteiger partial charge >= 0.3 is 0 Å². The lowest BCUT2D eigenvalue weighted by Crippen LogP contribution is -2.53. The SMILES string of the molecule is C=CC(=O)N1CCN(c2ccc3ncnc(Nc4cc(C)c(Oc5ccn6ncnc6c5)cc4OC)c3n2)C[C@H]1C. The second kappa shape index (κ2) is 10.7. The average molecular weight is 552 g/mol. The molecule has 0 aliphatic carbocycles. The highest BCUT2D eigenvalue weighted by Crippen LogP contribution is 2.37. The maximum atomic E-state index is 12.2. The molecule has 0 saturated carbocycles. The van der Waals surface area contributed by atoms with Crippen molar-refractivity contribution in [2.24, 2.45) is 0 Å². The molecule has 1 aliphatic rings. The molecule has 1 aliphatic heterocycles. The van der Waals surface area contributed by atoms with Crippen LogP contribution in [0, 0.1) is 6.92 Å². The van der Waals surface area contributed by atoms with E-state index in [1.54, 1.807) is 17.8 Å². The molecule has 12 nitrogen and oxygen atoms in total. The van der Waals surface area contributed by atoms with Crippen LogP contribution in [0.15, 0.2) is 67.9 Å². The largest absolute Gasteiger partial charge is 0.494 e. The molecule has 6 rings (SSSR count). The second-order valence-corrected chi connectivity index (χ2v) is 9.76. The molecule has 41 heavy (non-hydrogen) atoms. The number of hydrogen-bond donors (Lipinski definition) is 1. The summed E-state index contributed by atoms with van der Waals surface area (Å²) < 4.78 is 13.5. The van der Waals surface area contributed by atoms with E-state index in [1.165, 1.54) is 18.7 Å². The Hall–Kier alpha value is -5.26. The van der Waals surface area contributed by atoms with Gasteiger partial charge in [-0.1, -0.05) is 6.58 Å². The third kappa shape index (κ3) is 5.07. The van der Waals surface area contributed by atoms with Gasteiger partial charge in [0, 0.05) is 44.0 Å². The number of ether oxygens (including phenoxy) is 2. The van der Waals surface area contributed by atoms with Crippen LogP contribution in [0.2, 0.25) is 0 Å². The summed E-state index contributed by atoms with van der Waals surface area (Å²) in [4.78, 5) is 34.2. The van der Waals surface area contributed by atoms with Crippen molar-refractivity contribution < 1.29 is 14.3 Å². The zero-order valence-electron chi connectivity index (χ0n) is 23.0. The van der Waals surface area contributed by atoms with Crippen LogP contribution in [-0.2, 0) is 4.79 Å². The minimum atomic E-state index is -0.0550. The van der Waals surface area contributed by atoms with Gasteiger partial charge in [-0.3, -0.25) is 4.79 Å². The van der Waals surface area contributed by atoms with E-state index in [0.29, 0.717) is 65.1 Å². The number of anilines is 3. The van der Waals surface area contributed by atoms with Gasteiger partial charge in [0.15, 0.2) is 11.5 Å². The van der Waals surface area contributed by atoms with Crippen LogP contribution in [0.4, 0.5) is 17.3 Å². The van der Waals surface area contributed by atoms with E-state index in [0.717, 1.165) is 11.4 Å². The van der Waals surface area contributed by atoms with Gasteiger partial charge in [-0.25, -0.2) is 24.5 Å². The highest BCUT2D eigenvalue weighted by molar-refractivity contribution is 5.89. The Balaban J connectivity index is 1.27. The first-order valence-electron chi connectivity index (χ1n) is 13.2. The Morgan fingerprint density at radius 1 is 1.10 bits per heavy atom. The van der Waals surface area contributed by atoms with Gasteiger partial charge in [0.05, 0.1) is 18.3 Å². The number of fused-ring (bicyclic) bond motifs is 2. The summed E-state index contributed by atoms with van der Waals surface area (Å²) in [7, 11) is 1.61. The van der Waals surface area contributed by atoms with Crippen molar-refractivity contribution in [1.82, 2.24) is 34.4 Å². The van der Waals surface area contributed by atoms with Crippen LogP contribution in [0.3, 0.4) is 0 Å². The van der Waals surface area contributed by atoms with Gasteiger partial charge in [0.1, 0.15) is 41.2 Å². The predicted molar refractivity (Wildman–Crippen MR) is 155 cm³/mol. The first-order chi connectivity index (χ1) is 19.9. The molecule has 0 radical (unpaired) electrons. The fourth-order valence-corrected chi connectivity index (χ4v) is 4.97. The number of pyridine rings is 2. The maximum Gasteiger partial charge on any atom is 0.246 e. The van der Waals surface area contributed by atoms with Gasteiger partial charge in [-0.2, -0.15) is 5.10 Å². The van der Waals surface area contributed by atoms with Crippen molar-refractivity contribution in [1.29, 1.82) is 0 Å². The van der Waals surface area contributed by atoms with Crippen LogP contribution in [-0.4, -0.2) is 73.1 Å². The molecular formula is C29H29N9O3. The minimum absolute atomic E-state index is 0.0302. The van der Waals surface area contributed by atoms with Gasteiger partial charge < -0.3 is 24.6 Å². The number of rotatable bonds is 7. The van der Waals surface area contributed by atoms with Crippen LogP contribution in [0.1, 0.15) is 12.5 Å². The van der Waals surface area contributed by atoms with Crippen molar-refractivity contribution in [3.05, 3.63) is 73.5 Å². The summed E-state index contributed by atoms with van der Waals surface area (Å²) in [6.07, 6.45) is 6.16. The number of nitrogens with zero attached hydrogens (tertiary/aromatic N) is 8. The number of methoxy groups -OCH3 is 1. The molecule has 208 valence electrons. The van der Waals surface area contributed by atoms with Crippen molar-refractivity contribution in [3.8, 4) is 17.2 Å². The molecule has 1 amide bonds. The molecule has 4 aromatic heterocycles. The standard InChI is InChI=1S/C29H29N9O3/c1-5-27(39)37-11-10-36(15-19(37)3)25-7-6-21-28(35-25)29(32-16-30-21)34-22-12-18(2)23(14-24(22)40-4)41-20-8-9-38-26(13-20)31-17-33-38/h5-9,12-14,16-17,19H,1,10-11,15H2,2-4H3,(H,30,32,34)/t19-/m1/s1. The molecule has 1 fully saturated rings. The molecule has 1 saturated heterocycles. The molecule has 5 aromatic rings. The van der Waals surface area contributed by atoms with Gasteiger partial charge in [-0.15, -0.1) is 0 Å². The Kier molecular flexibility index (Phi) is 6.79. The highest BCUT2D eigenvalue weighted by atomic mass is 16.5. The Morgan fingerprint density at radius 2 is 1.98 bits per heavy atom. The number of carbonyl (C=O) groups excluding carboxylic acids is 1. The summed E-state index contributed by atoms with van der Waals surface area (Å²) in [5, 5.41) is 7.51. The number of aryl methyl sites for hydroxylation is 1. The van der Waals surface area contributed by atoms with Gasteiger partial charge in [-0.05, 0) is 49.8 Å². The molecule has 1 atom stereocenters. The smallest absolute Gasteiger partial charge is 0.246 e. The number of carbonyl (C=O) groups is 1. The Morgan fingerprint density at radius 3 is 2.78 bits per heavy atom. The predicted octanol–water partition coefficient (Wildman–Crippen LogP) is 4.14. The number of piperazine rings is 1. The minimum Gasteiger partial charge on any atom is -0.494 e. The van der Waals surface area contributed by atoms with E-state index in [9.17, 15) is 4.79 Å². The first-order valence-corrected chi connectivity index (χ1v) is 13.2. The summed E-state index contributed by atoms with van der Waals surface area (Å²) in [5.74, 6) is 3.15. The number of benzene rings is 1. The molecule has 12 heteroatoms. The summed E-state index contributed by atoms with van der Waals surface area (Å²) >= 11 is 0. The lowest BCUT2D eigenvalue weighted by Gasteiger charge is -2.40. The van der Waals surface area contributed by atoms with E-state index in [-0.39, 0.29) is 11.9 Å². The van der Waals surface area contributed by atoms with Crippen molar-refractivity contribution in [3.63, 3.8) is 0 Å². The van der Waals surface area contributed by atoms with Crippen molar-refractivity contribution in [2.45, 2.75) is 19.9 Å². The first kappa shape index (κ1) is 26.0. The van der Waals surface area contributed by atoms with Gasteiger partial charge in [0.25, 0.3) is 0 Å². The van der Waals surface area contributed by atoms with Crippen LogP contribution in [0.5, 0.6) is 17.2 Å². The zero-order chi connectivity index (χ0) is 28.5. The Labute approximate surface area is 236 Å². The molecule has 0 spiro atoms. The highest BCUT2D eigenvalue weighted by Gasteiger charge is 2.27. The van der Waals surface area contributed by atoms with Gasteiger partial charge in [0.2, 0.25) is 5.91 Å². The van der Waals surface area contributed by atoms with E-state index in [1.807, 2.05) is 55.1 Å². The fraction of sp³-hybridized carbons (Fsp3) is 0.241. The Bertz CT molecular complexity index is 1770. The summed E-state index contributed by atoms with van der Waals surface area (Å²) in [6, 6.07) is 11.3. The average Bonchev–Trinajstić information content (AvgIpc) is 3.46. The van der Waals surface area contributed by atoms with E-state index in [4.69, 9.17) is 14.5 Å². The third-order valence-corrected chi connectivity index (χ3v) is 7.11. The molecule has 1 N–H and O–H groups in total. The molecule has 0 bridgehead atoms. The second-order valence-electron chi connectivity index (χ2n) is 9.76. The number of hydrogen-bond acceptors (Lipinski definition) is 10. The monoisotopic (exact) mass is 551 g/mol. The molecule has 0 unspecified atom stereocenters. The number of aromatic nitrogens is 6. The fourth-order valence-electron chi connectivity index (χ4n) is 4.97. The maximum absolute atomic E-state index is 12.2. The van der Waals surface area contributed by atoms with Crippen LogP contribution < -0.4 is 19.7 Å². The quantitative estimate of drug-likeness (QED) is 0.295. The zero-order valence-corrected chi connectivity index (χ0v) is 23.0. The number of nitrogens with one attached hydrogen (secondary N) is 1. The lowest BCUT2D eigenvalue weighted by atomic mass is 10.1. The summed E-state index contributed by atoms with van der Waals surface area (Å²) in [5.41, 5.74) is 3.63. The lowest BCUT2D eigenvalue weighted by molar-refractivity contribution is -0.128. The topological polar surface area (TPSA) is 123 Å². The molecular weight excluding hydrogens is 522 g/mol. The van der Waals surface area contributed by atoms with Crippen LogP contribution >= 0.6 is 0 Å². The summed E-state index contributed by atoms with van der Waals surface area (Å²) in [6.45, 7) is 9.52. The van der Waals surface area contributed by atoms with E-state index < -0.39 is 0 Å². The normalized spacial score (nSPS) is 15.2. The third-order valence-electron chi connectivity index (χ3n) is 7.11. The number of amides is 1. The van der Waals surface area contributed by atoms with Crippen LogP contribution in [0.25, 0.3) is 16.7 Å². The molecule has 1 aromatic carbocycles. The van der Waals surface area contributed by atoms with Crippen molar-refractivity contribution in [2.75, 3.05) is 37.0 Å². The van der Waals surface area contributed by atoms with E-state index >= 15 is 0 Å². The van der Waals surface area contributed by atoms with Crippen molar-refractivity contribution >= 4 is 39.9 Å². The molecule has 5 heterocycles.